The number of hydrogen-bond donors (Lipinski definition) is 2. The van der Waals surface area contributed by atoms with Crippen LogP contribution in [0, 0.1) is 5.92 Å². The number of hydrogen-bond acceptors (Lipinski definition) is 3. The zero-order valence-corrected chi connectivity index (χ0v) is 13.7. The number of benzene rings is 1. The van der Waals surface area contributed by atoms with E-state index in [1.165, 1.54) is 0 Å². The lowest BCUT2D eigenvalue weighted by molar-refractivity contribution is -0.143. The van der Waals surface area contributed by atoms with Gasteiger partial charge in [0.25, 0.3) is 0 Å². The fraction of sp³-hybridized carbons (Fsp3) is 0.467. The first kappa shape index (κ1) is 16.6. The van der Waals surface area contributed by atoms with Crippen LogP contribution in [-0.4, -0.2) is 48.2 Å². The number of carbonyl (C=O) groups excluding carboxylic acids is 1. The summed E-state index contributed by atoms with van der Waals surface area (Å²) in [4.78, 5) is 24.5. The van der Waals surface area contributed by atoms with Gasteiger partial charge in [-0.25, -0.2) is 4.79 Å². The van der Waals surface area contributed by atoms with Gasteiger partial charge in [-0.15, -0.1) is 0 Å². The summed E-state index contributed by atoms with van der Waals surface area (Å²) in [7, 11) is 0. The van der Waals surface area contributed by atoms with Gasteiger partial charge < -0.3 is 20.1 Å². The molecule has 120 valence electrons. The number of likely N-dealkylation sites (tertiary alicyclic amines) is 1. The highest BCUT2D eigenvalue weighted by Gasteiger charge is 2.26. The number of carbonyl (C=O) groups is 2. The third kappa shape index (κ3) is 4.91. The summed E-state index contributed by atoms with van der Waals surface area (Å²) in [5.74, 6) is -0.364. The van der Waals surface area contributed by atoms with Gasteiger partial charge >= 0.3 is 12.0 Å². The van der Waals surface area contributed by atoms with Crippen LogP contribution in [0.3, 0.4) is 0 Å². The molecule has 1 fully saturated rings. The zero-order valence-electron chi connectivity index (χ0n) is 12.1. The molecule has 0 spiro atoms. The minimum atomic E-state index is -0.775. The van der Waals surface area contributed by atoms with Crippen LogP contribution >= 0.6 is 15.9 Å². The van der Waals surface area contributed by atoms with Crippen molar-refractivity contribution >= 4 is 27.9 Å². The Morgan fingerprint density at radius 3 is 2.73 bits per heavy atom. The minimum Gasteiger partial charge on any atom is -0.492 e. The highest BCUT2D eigenvalue weighted by molar-refractivity contribution is 9.10. The molecule has 1 aliphatic heterocycles. The molecule has 0 saturated carbocycles. The summed E-state index contributed by atoms with van der Waals surface area (Å²) in [6.07, 6.45) is 1.02. The molecule has 1 heterocycles. The van der Waals surface area contributed by atoms with E-state index in [4.69, 9.17) is 9.84 Å². The number of ether oxygens (including phenoxy) is 1. The Balaban J connectivity index is 1.65. The molecule has 2 rings (SSSR count). The van der Waals surface area contributed by atoms with Gasteiger partial charge in [-0.05, 0) is 31.0 Å². The van der Waals surface area contributed by atoms with Crippen molar-refractivity contribution in [2.24, 2.45) is 5.92 Å². The molecule has 0 atom stereocenters. The van der Waals surface area contributed by atoms with Crippen LogP contribution in [0.15, 0.2) is 28.7 Å². The maximum Gasteiger partial charge on any atom is 0.317 e. The highest BCUT2D eigenvalue weighted by atomic mass is 79.9. The van der Waals surface area contributed by atoms with Crippen molar-refractivity contribution in [3.8, 4) is 5.75 Å². The smallest absolute Gasteiger partial charge is 0.317 e. The Hall–Kier alpha value is -1.76. The molecular weight excluding hydrogens is 352 g/mol. The van der Waals surface area contributed by atoms with Crippen LogP contribution in [0.4, 0.5) is 4.79 Å². The molecule has 6 nitrogen and oxygen atoms in total. The third-order valence-corrected chi connectivity index (χ3v) is 4.07. The molecular formula is C15H19BrN2O4. The van der Waals surface area contributed by atoms with E-state index in [1.807, 2.05) is 24.3 Å². The SMILES string of the molecule is O=C(O)C1CCN(C(=O)NCCOc2cccc(Br)c2)CC1. The summed E-state index contributed by atoms with van der Waals surface area (Å²) >= 11 is 3.36. The van der Waals surface area contributed by atoms with Gasteiger partial charge in [0.1, 0.15) is 12.4 Å². The maximum absolute atomic E-state index is 11.9. The zero-order chi connectivity index (χ0) is 15.9. The average Bonchev–Trinajstić information content (AvgIpc) is 2.51. The molecule has 1 aromatic carbocycles. The number of piperidine rings is 1. The summed E-state index contributed by atoms with van der Waals surface area (Å²) in [5, 5.41) is 11.7. The van der Waals surface area contributed by atoms with E-state index in [-0.39, 0.29) is 11.9 Å². The summed E-state index contributed by atoms with van der Waals surface area (Å²) in [6.45, 7) is 1.75. The topological polar surface area (TPSA) is 78.9 Å². The van der Waals surface area contributed by atoms with Gasteiger partial charge in [0, 0.05) is 17.6 Å². The van der Waals surface area contributed by atoms with Gasteiger partial charge in [-0.1, -0.05) is 22.0 Å². The molecule has 0 bridgehead atoms. The summed E-state index contributed by atoms with van der Waals surface area (Å²) < 4.78 is 6.47. The molecule has 1 aromatic rings. The van der Waals surface area contributed by atoms with E-state index in [1.54, 1.807) is 4.90 Å². The first-order valence-electron chi connectivity index (χ1n) is 7.20. The Labute approximate surface area is 137 Å². The van der Waals surface area contributed by atoms with E-state index in [0.717, 1.165) is 10.2 Å². The Kier molecular flexibility index (Phi) is 6.06. The lowest BCUT2D eigenvalue weighted by atomic mass is 9.97. The summed E-state index contributed by atoms with van der Waals surface area (Å²) in [6, 6.07) is 7.34. The van der Waals surface area contributed by atoms with Crippen molar-refractivity contribution in [3.05, 3.63) is 28.7 Å². The standard InChI is InChI=1S/C15H19BrN2O4/c16-12-2-1-3-13(10-12)22-9-6-17-15(21)18-7-4-11(5-8-18)14(19)20/h1-3,10-11H,4-9H2,(H,17,21)(H,19,20). The van der Waals surface area contributed by atoms with Crippen LogP contribution in [0.5, 0.6) is 5.75 Å². The number of halogens is 1. The van der Waals surface area contributed by atoms with Crippen molar-refractivity contribution < 1.29 is 19.4 Å². The van der Waals surface area contributed by atoms with E-state index < -0.39 is 5.97 Å². The second-order valence-corrected chi connectivity index (χ2v) is 6.05. The number of amides is 2. The molecule has 1 saturated heterocycles. The normalized spacial score (nSPS) is 15.4. The Bertz CT molecular complexity index is 530. The van der Waals surface area contributed by atoms with Crippen LogP contribution in [-0.2, 0) is 4.79 Å². The molecule has 0 unspecified atom stereocenters. The van der Waals surface area contributed by atoms with E-state index in [0.29, 0.717) is 39.1 Å². The first-order valence-corrected chi connectivity index (χ1v) is 7.99. The van der Waals surface area contributed by atoms with Crippen LogP contribution < -0.4 is 10.1 Å². The number of rotatable bonds is 5. The van der Waals surface area contributed by atoms with E-state index >= 15 is 0 Å². The predicted octanol–water partition coefficient (Wildman–Crippen LogP) is 2.33. The number of nitrogens with one attached hydrogen (secondary N) is 1. The summed E-state index contributed by atoms with van der Waals surface area (Å²) in [5.41, 5.74) is 0. The van der Waals surface area contributed by atoms with Gasteiger partial charge in [-0.2, -0.15) is 0 Å². The number of carboxylic acids is 1. The largest absolute Gasteiger partial charge is 0.492 e. The monoisotopic (exact) mass is 370 g/mol. The van der Waals surface area contributed by atoms with Gasteiger partial charge in [0.15, 0.2) is 0 Å². The Morgan fingerprint density at radius 1 is 1.36 bits per heavy atom. The van der Waals surface area contributed by atoms with Gasteiger partial charge in [-0.3, -0.25) is 4.79 Å². The second kappa shape index (κ2) is 8.03. The van der Waals surface area contributed by atoms with E-state index in [2.05, 4.69) is 21.2 Å². The molecule has 0 radical (unpaired) electrons. The van der Waals surface area contributed by atoms with Crippen molar-refractivity contribution in [3.63, 3.8) is 0 Å². The molecule has 1 aliphatic rings. The van der Waals surface area contributed by atoms with Crippen molar-refractivity contribution in [2.45, 2.75) is 12.8 Å². The highest BCUT2D eigenvalue weighted by Crippen LogP contribution is 2.18. The minimum absolute atomic E-state index is 0.165. The fourth-order valence-electron chi connectivity index (χ4n) is 2.32. The lowest BCUT2D eigenvalue weighted by Gasteiger charge is -2.30. The number of aliphatic carboxylic acids is 1. The molecule has 2 N–H and O–H groups in total. The van der Waals surface area contributed by atoms with Gasteiger partial charge in [0.2, 0.25) is 0 Å². The van der Waals surface area contributed by atoms with Crippen molar-refractivity contribution in [1.82, 2.24) is 10.2 Å². The van der Waals surface area contributed by atoms with Gasteiger partial charge in [0.05, 0.1) is 12.5 Å². The van der Waals surface area contributed by atoms with E-state index in [9.17, 15) is 9.59 Å². The maximum atomic E-state index is 11.9. The predicted molar refractivity (Wildman–Crippen MR) is 85.0 cm³/mol. The third-order valence-electron chi connectivity index (χ3n) is 3.57. The second-order valence-electron chi connectivity index (χ2n) is 5.14. The van der Waals surface area contributed by atoms with Crippen LogP contribution in [0.25, 0.3) is 0 Å². The first-order chi connectivity index (χ1) is 10.6. The molecule has 2 amide bonds. The molecule has 0 aliphatic carbocycles. The number of nitrogens with zero attached hydrogens (tertiary/aromatic N) is 1. The Morgan fingerprint density at radius 2 is 2.09 bits per heavy atom. The lowest BCUT2D eigenvalue weighted by Crippen LogP contribution is -2.46. The average molecular weight is 371 g/mol. The quantitative estimate of drug-likeness (QED) is 0.779. The van der Waals surface area contributed by atoms with Crippen molar-refractivity contribution in [2.75, 3.05) is 26.2 Å². The molecule has 0 aromatic heterocycles. The van der Waals surface area contributed by atoms with Crippen molar-refractivity contribution in [1.29, 1.82) is 0 Å². The number of urea groups is 1. The number of carboxylic acid groups (broad SMARTS) is 1. The molecule has 7 heteroatoms. The van der Waals surface area contributed by atoms with Crippen LogP contribution in [0.2, 0.25) is 0 Å². The molecule has 22 heavy (non-hydrogen) atoms. The van der Waals surface area contributed by atoms with Crippen LogP contribution in [0.1, 0.15) is 12.8 Å². The fourth-order valence-corrected chi connectivity index (χ4v) is 2.70.